The quantitative estimate of drug-likeness (QED) is 0.450. The third-order valence-electron chi connectivity index (χ3n) is 4.64. The van der Waals surface area contributed by atoms with Gasteiger partial charge in [-0.2, -0.15) is 0 Å². The predicted octanol–water partition coefficient (Wildman–Crippen LogP) is 5.19. The predicted molar refractivity (Wildman–Crippen MR) is 117 cm³/mol. The van der Waals surface area contributed by atoms with Crippen LogP contribution in [0.25, 0.3) is 11.1 Å². The highest BCUT2D eigenvalue weighted by atomic mass is 79.9. The van der Waals surface area contributed by atoms with E-state index in [1.165, 1.54) is 0 Å². The number of hydrogen-bond acceptors (Lipinski definition) is 5. The molecule has 6 nitrogen and oxygen atoms in total. The molecule has 154 valence electrons. The van der Waals surface area contributed by atoms with Crippen molar-refractivity contribution in [2.75, 3.05) is 11.3 Å². The Bertz CT molecular complexity index is 1110. The fourth-order valence-electron chi connectivity index (χ4n) is 2.94. The van der Waals surface area contributed by atoms with Crippen molar-refractivity contribution in [2.24, 2.45) is 0 Å². The lowest BCUT2D eigenvalue weighted by Crippen LogP contribution is -2.15. The van der Waals surface area contributed by atoms with Crippen molar-refractivity contribution >= 4 is 31.8 Å². The number of aryl methyl sites for hydroxylation is 1. The molecule has 3 aromatic rings. The van der Waals surface area contributed by atoms with Crippen LogP contribution in [0.3, 0.4) is 0 Å². The van der Waals surface area contributed by atoms with Gasteiger partial charge in [0.25, 0.3) is 10.0 Å². The molecule has 0 saturated heterocycles. The summed E-state index contributed by atoms with van der Waals surface area (Å²) < 4.78 is 39.6. The number of benzene rings is 2. The molecule has 0 amide bonds. The Morgan fingerprint density at radius 3 is 2.55 bits per heavy atom. The number of aromatic nitrogens is 1. The van der Waals surface area contributed by atoms with Gasteiger partial charge in [-0.3, -0.25) is 4.72 Å². The number of anilines is 1. The minimum Gasteiger partial charge on any atom is -0.377 e. The van der Waals surface area contributed by atoms with Crippen molar-refractivity contribution in [1.82, 2.24) is 5.16 Å². The van der Waals surface area contributed by atoms with E-state index in [2.05, 4.69) is 25.8 Å². The van der Waals surface area contributed by atoms with Gasteiger partial charge in [-0.05, 0) is 43.5 Å². The van der Waals surface area contributed by atoms with Gasteiger partial charge in [0.2, 0.25) is 0 Å². The number of rotatable bonds is 8. The van der Waals surface area contributed by atoms with Crippen LogP contribution in [0.2, 0.25) is 0 Å². The number of ether oxygens (including phenoxy) is 1. The summed E-state index contributed by atoms with van der Waals surface area (Å²) >= 11 is 3.47. The first-order chi connectivity index (χ1) is 13.9. The van der Waals surface area contributed by atoms with Crippen molar-refractivity contribution in [2.45, 2.75) is 37.6 Å². The molecule has 0 aliphatic carbocycles. The van der Waals surface area contributed by atoms with Crippen molar-refractivity contribution in [3.63, 3.8) is 0 Å². The van der Waals surface area contributed by atoms with E-state index in [0.717, 1.165) is 16.7 Å². The monoisotopic (exact) mass is 478 g/mol. The maximum Gasteiger partial charge on any atom is 0.263 e. The first-order valence-corrected chi connectivity index (χ1v) is 11.8. The highest BCUT2D eigenvalue weighted by Gasteiger charge is 2.23. The van der Waals surface area contributed by atoms with E-state index in [9.17, 15) is 8.42 Å². The average Bonchev–Trinajstić information content (AvgIpc) is 3.03. The molecule has 0 radical (unpaired) electrons. The molecule has 0 atom stereocenters. The molecule has 0 saturated carbocycles. The van der Waals surface area contributed by atoms with Gasteiger partial charge in [0, 0.05) is 23.1 Å². The molecule has 8 heteroatoms. The van der Waals surface area contributed by atoms with Crippen molar-refractivity contribution < 1.29 is 17.7 Å². The van der Waals surface area contributed by atoms with E-state index in [4.69, 9.17) is 9.26 Å². The van der Waals surface area contributed by atoms with Gasteiger partial charge in [-0.1, -0.05) is 57.5 Å². The Kier molecular flexibility index (Phi) is 6.77. The summed E-state index contributed by atoms with van der Waals surface area (Å²) in [6.45, 7) is 6.40. The standard InChI is InChI=1S/C21H23BrN2O4S/c1-4-27-13-17-11-16(12-22)9-10-18(17)19-7-5-6-8-20(19)29(25,26)24-21-14(2)15(3)28-23-21/h5-11H,4,12-13H2,1-3H3,(H,23,24). The van der Waals surface area contributed by atoms with E-state index in [1.54, 1.807) is 32.0 Å². The van der Waals surface area contributed by atoms with E-state index in [0.29, 0.717) is 35.4 Å². The first-order valence-electron chi connectivity index (χ1n) is 9.18. The third kappa shape index (κ3) is 4.71. The second-order valence-corrected chi connectivity index (χ2v) is 8.79. The zero-order valence-corrected chi connectivity index (χ0v) is 18.9. The number of nitrogens with zero attached hydrogens (tertiary/aromatic N) is 1. The van der Waals surface area contributed by atoms with Crippen LogP contribution in [0.4, 0.5) is 5.82 Å². The number of halogens is 1. The van der Waals surface area contributed by atoms with Crippen LogP contribution in [-0.2, 0) is 26.7 Å². The normalized spacial score (nSPS) is 11.6. The molecule has 0 bridgehead atoms. The Labute approximate surface area is 179 Å². The van der Waals surface area contributed by atoms with E-state index in [-0.39, 0.29) is 10.7 Å². The van der Waals surface area contributed by atoms with Crippen LogP contribution in [-0.4, -0.2) is 20.2 Å². The maximum absolute atomic E-state index is 13.2. The minimum absolute atomic E-state index is 0.171. The van der Waals surface area contributed by atoms with E-state index < -0.39 is 10.0 Å². The fraction of sp³-hybridized carbons (Fsp3) is 0.286. The molecular formula is C21H23BrN2O4S. The number of alkyl halides is 1. The number of sulfonamides is 1. The van der Waals surface area contributed by atoms with Crippen LogP contribution in [0, 0.1) is 13.8 Å². The number of hydrogen-bond donors (Lipinski definition) is 1. The smallest absolute Gasteiger partial charge is 0.263 e. The summed E-state index contributed by atoms with van der Waals surface area (Å²) in [5.41, 5.74) is 4.10. The number of nitrogens with one attached hydrogen (secondary N) is 1. The van der Waals surface area contributed by atoms with Gasteiger partial charge in [0.05, 0.1) is 11.5 Å². The largest absolute Gasteiger partial charge is 0.377 e. The minimum atomic E-state index is -3.88. The molecule has 0 spiro atoms. The van der Waals surface area contributed by atoms with Gasteiger partial charge >= 0.3 is 0 Å². The maximum atomic E-state index is 13.2. The van der Waals surface area contributed by atoms with Gasteiger partial charge in [-0.25, -0.2) is 8.42 Å². The average molecular weight is 479 g/mol. The van der Waals surface area contributed by atoms with Gasteiger partial charge in [-0.15, -0.1) is 0 Å². The summed E-state index contributed by atoms with van der Waals surface area (Å²) in [6.07, 6.45) is 0. The highest BCUT2D eigenvalue weighted by molar-refractivity contribution is 9.08. The summed E-state index contributed by atoms with van der Waals surface area (Å²) in [5, 5.41) is 4.53. The Morgan fingerprint density at radius 2 is 1.90 bits per heavy atom. The molecule has 1 heterocycles. The molecule has 1 N–H and O–H groups in total. The Hall–Kier alpha value is -2.16. The molecular weight excluding hydrogens is 456 g/mol. The van der Waals surface area contributed by atoms with Gasteiger partial charge in [0.1, 0.15) is 5.76 Å². The van der Waals surface area contributed by atoms with Crippen molar-refractivity contribution in [3.05, 3.63) is 64.9 Å². The Balaban J connectivity index is 2.08. The van der Waals surface area contributed by atoms with Gasteiger partial charge < -0.3 is 9.26 Å². The lowest BCUT2D eigenvalue weighted by molar-refractivity contribution is 0.134. The zero-order chi connectivity index (χ0) is 21.0. The third-order valence-corrected chi connectivity index (χ3v) is 6.69. The second-order valence-electron chi connectivity index (χ2n) is 6.58. The lowest BCUT2D eigenvalue weighted by Gasteiger charge is -2.16. The van der Waals surface area contributed by atoms with E-state index >= 15 is 0 Å². The summed E-state index contributed by atoms with van der Waals surface area (Å²) in [5.74, 6) is 0.766. The van der Waals surface area contributed by atoms with Crippen molar-refractivity contribution in [1.29, 1.82) is 0 Å². The van der Waals surface area contributed by atoms with Gasteiger partial charge in [0.15, 0.2) is 5.82 Å². The van der Waals surface area contributed by atoms with Crippen LogP contribution in [0.5, 0.6) is 0 Å². The zero-order valence-electron chi connectivity index (χ0n) is 16.5. The fourth-order valence-corrected chi connectivity index (χ4v) is 4.57. The molecule has 3 rings (SSSR count). The molecule has 2 aromatic carbocycles. The summed E-state index contributed by atoms with van der Waals surface area (Å²) in [6, 6.07) is 12.8. The highest BCUT2D eigenvalue weighted by Crippen LogP contribution is 2.33. The molecule has 1 aromatic heterocycles. The van der Waals surface area contributed by atoms with E-state index in [1.807, 2.05) is 31.2 Å². The van der Waals surface area contributed by atoms with Crippen LogP contribution >= 0.6 is 15.9 Å². The van der Waals surface area contributed by atoms with Crippen LogP contribution in [0.15, 0.2) is 51.9 Å². The second kappa shape index (κ2) is 9.11. The SMILES string of the molecule is CCOCc1cc(CBr)ccc1-c1ccccc1S(=O)(=O)Nc1noc(C)c1C. The Morgan fingerprint density at radius 1 is 1.14 bits per heavy atom. The molecule has 0 aliphatic heterocycles. The first kappa shape index (κ1) is 21.5. The molecule has 0 aliphatic rings. The molecule has 0 fully saturated rings. The van der Waals surface area contributed by atoms with Crippen LogP contribution < -0.4 is 4.72 Å². The van der Waals surface area contributed by atoms with Crippen molar-refractivity contribution in [3.8, 4) is 11.1 Å². The summed E-state index contributed by atoms with van der Waals surface area (Å²) in [4.78, 5) is 0.171. The summed E-state index contributed by atoms with van der Waals surface area (Å²) in [7, 11) is -3.88. The lowest BCUT2D eigenvalue weighted by atomic mass is 9.98. The van der Waals surface area contributed by atoms with Crippen LogP contribution in [0.1, 0.15) is 29.4 Å². The topological polar surface area (TPSA) is 81.4 Å². The molecule has 0 unspecified atom stereocenters. The molecule has 29 heavy (non-hydrogen) atoms.